The smallest absolute Gasteiger partial charge is 0.0897 e. The summed E-state index contributed by atoms with van der Waals surface area (Å²) >= 11 is 1.76. The van der Waals surface area contributed by atoms with E-state index in [2.05, 4.69) is 40.9 Å². The number of hydrogen-bond donors (Lipinski definition) is 0. The summed E-state index contributed by atoms with van der Waals surface area (Å²) in [5, 5.41) is 3.39. The summed E-state index contributed by atoms with van der Waals surface area (Å²) in [6.45, 7) is 12.6. The molecule has 0 spiro atoms. The van der Waals surface area contributed by atoms with Crippen LogP contribution in [0.1, 0.15) is 31.0 Å². The Bertz CT molecular complexity index is 360. The number of aryl methyl sites for hydroxylation is 1. The highest BCUT2D eigenvalue weighted by molar-refractivity contribution is 7.09. The number of likely N-dealkylation sites (tertiary alicyclic amines) is 1. The Kier molecular flexibility index (Phi) is 5.15. The Balaban J connectivity index is 1.76. The van der Waals surface area contributed by atoms with Crippen molar-refractivity contribution in [2.75, 3.05) is 32.7 Å². The molecule has 0 bridgehead atoms. The molecule has 1 aliphatic rings. The van der Waals surface area contributed by atoms with E-state index < -0.39 is 0 Å². The van der Waals surface area contributed by atoms with Gasteiger partial charge in [-0.3, -0.25) is 4.90 Å². The fourth-order valence-corrected chi connectivity index (χ4v) is 3.50. The first-order valence-corrected chi connectivity index (χ1v) is 7.98. The van der Waals surface area contributed by atoms with Crippen molar-refractivity contribution in [2.24, 2.45) is 0 Å². The molecule has 0 saturated carbocycles. The molecule has 18 heavy (non-hydrogen) atoms. The number of hydrogen-bond acceptors (Lipinski definition) is 4. The van der Waals surface area contributed by atoms with Crippen LogP contribution in [0.3, 0.4) is 0 Å². The van der Waals surface area contributed by atoms with Gasteiger partial charge >= 0.3 is 0 Å². The van der Waals surface area contributed by atoms with E-state index in [0.717, 1.165) is 12.5 Å². The van der Waals surface area contributed by atoms with Gasteiger partial charge in [0.2, 0.25) is 0 Å². The van der Waals surface area contributed by atoms with Crippen LogP contribution in [-0.4, -0.2) is 53.5 Å². The molecule has 2 rings (SSSR count). The lowest BCUT2D eigenvalue weighted by Gasteiger charge is -2.26. The molecular formula is C14H25N3S. The average Bonchev–Trinajstić information content (AvgIpc) is 2.98. The molecule has 102 valence electrons. The number of thiazole rings is 1. The third-order valence-electron chi connectivity index (χ3n) is 3.93. The Morgan fingerprint density at radius 3 is 2.83 bits per heavy atom. The summed E-state index contributed by atoms with van der Waals surface area (Å²) in [4.78, 5) is 9.72. The molecule has 3 nitrogen and oxygen atoms in total. The van der Waals surface area contributed by atoms with Crippen LogP contribution in [0.25, 0.3) is 0 Å². The molecule has 0 aliphatic carbocycles. The molecule has 0 amide bonds. The highest BCUT2D eigenvalue weighted by Crippen LogP contribution is 2.16. The van der Waals surface area contributed by atoms with Gasteiger partial charge in [0, 0.05) is 30.9 Å². The first kappa shape index (κ1) is 14.0. The molecule has 0 unspecified atom stereocenters. The second-order valence-electron chi connectivity index (χ2n) is 5.07. The minimum Gasteiger partial charge on any atom is -0.301 e. The molecule has 1 saturated heterocycles. The zero-order valence-corrected chi connectivity index (χ0v) is 12.7. The van der Waals surface area contributed by atoms with Crippen molar-refractivity contribution in [1.29, 1.82) is 0 Å². The zero-order chi connectivity index (χ0) is 13.0. The van der Waals surface area contributed by atoms with E-state index in [1.54, 1.807) is 11.3 Å². The van der Waals surface area contributed by atoms with Gasteiger partial charge in [0.05, 0.1) is 10.7 Å². The Hall–Kier alpha value is -0.450. The minimum absolute atomic E-state index is 0.775. The summed E-state index contributed by atoms with van der Waals surface area (Å²) in [5.74, 6) is 0. The second-order valence-corrected chi connectivity index (χ2v) is 6.13. The summed E-state index contributed by atoms with van der Waals surface area (Å²) in [6, 6.07) is 0.775. The third-order valence-corrected chi connectivity index (χ3v) is 4.75. The second kappa shape index (κ2) is 6.64. The standard InChI is InChI=1S/C14H25N3S/c1-4-17(5-2)14-7-9-16(10-14)8-6-13-11-18-12(3)15-13/h11,14H,4-10H2,1-3H3/t14-/m1/s1. The third kappa shape index (κ3) is 3.53. The first-order chi connectivity index (χ1) is 8.72. The van der Waals surface area contributed by atoms with Crippen molar-refractivity contribution in [3.05, 3.63) is 16.1 Å². The molecule has 4 heteroatoms. The summed E-state index contributed by atoms with van der Waals surface area (Å²) < 4.78 is 0. The fraction of sp³-hybridized carbons (Fsp3) is 0.786. The number of rotatable bonds is 6. The molecule has 0 radical (unpaired) electrons. The molecule has 1 fully saturated rings. The average molecular weight is 267 g/mol. The van der Waals surface area contributed by atoms with Gasteiger partial charge in [0.25, 0.3) is 0 Å². The predicted molar refractivity (Wildman–Crippen MR) is 78.3 cm³/mol. The molecule has 1 atom stereocenters. The van der Waals surface area contributed by atoms with E-state index in [9.17, 15) is 0 Å². The van der Waals surface area contributed by atoms with Gasteiger partial charge in [-0.1, -0.05) is 13.8 Å². The zero-order valence-electron chi connectivity index (χ0n) is 11.9. The van der Waals surface area contributed by atoms with E-state index in [1.807, 2.05) is 0 Å². The molecular weight excluding hydrogens is 242 g/mol. The quantitative estimate of drug-likeness (QED) is 0.789. The highest BCUT2D eigenvalue weighted by atomic mass is 32.1. The monoisotopic (exact) mass is 267 g/mol. The van der Waals surface area contributed by atoms with E-state index in [1.165, 1.54) is 49.8 Å². The highest BCUT2D eigenvalue weighted by Gasteiger charge is 2.25. The van der Waals surface area contributed by atoms with Gasteiger partial charge < -0.3 is 4.90 Å². The maximum absolute atomic E-state index is 4.54. The number of aromatic nitrogens is 1. The van der Waals surface area contributed by atoms with Gasteiger partial charge in [-0.15, -0.1) is 11.3 Å². The van der Waals surface area contributed by atoms with Crippen LogP contribution < -0.4 is 0 Å². The minimum atomic E-state index is 0.775. The lowest BCUT2D eigenvalue weighted by atomic mass is 10.2. The van der Waals surface area contributed by atoms with Gasteiger partial charge in [-0.2, -0.15) is 0 Å². The SMILES string of the molecule is CCN(CC)[C@@H]1CCN(CCc2csc(C)n2)C1. The predicted octanol–water partition coefficient (Wildman–Crippen LogP) is 2.41. The summed E-state index contributed by atoms with van der Waals surface area (Å²) in [6.07, 6.45) is 2.44. The van der Waals surface area contributed by atoms with E-state index in [4.69, 9.17) is 0 Å². The summed E-state index contributed by atoms with van der Waals surface area (Å²) in [5.41, 5.74) is 1.27. The topological polar surface area (TPSA) is 19.4 Å². The van der Waals surface area contributed by atoms with E-state index in [0.29, 0.717) is 0 Å². The summed E-state index contributed by atoms with van der Waals surface area (Å²) in [7, 11) is 0. The fourth-order valence-electron chi connectivity index (χ4n) is 2.85. The van der Waals surface area contributed by atoms with Crippen LogP contribution in [0, 0.1) is 6.92 Å². The Morgan fingerprint density at radius 1 is 1.44 bits per heavy atom. The van der Waals surface area contributed by atoms with Gasteiger partial charge in [0.1, 0.15) is 0 Å². The molecule has 2 heterocycles. The number of likely N-dealkylation sites (N-methyl/N-ethyl adjacent to an activating group) is 1. The molecule has 1 aromatic heterocycles. The van der Waals surface area contributed by atoms with Crippen molar-refractivity contribution in [3.8, 4) is 0 Å². The van der Waals surface area contributed by atoms with Crippen molar-refractivity contribution < 1.29 is 0 Å². The van der Waals surface area contributed by atoms with Crippen LogP contribution in [0.4, 0.5) is 0 Å². The molecule has 0 aromatic carbocycles. The van der Waals surface area contributed by atoms with Gasteiger partial charge in [-0.25, -0.2) is 4.98 Å². The van der Waals surface area contributed by atoms with E-state index >= 15 is 0 Å². The van der Waals surface area contributed by atoms with Crippen LogP contribution in [0.15, 0.2) is 5.38 Å². The Labute approximate surface area is 115 Å². The lowest BCUT2D eigenvalue weighted by molar-refractivity contribution is 0.211. The van der Waals surface area contributed by atoms with Crippen LogP contribution in [-0.2, 0) is 6.42 Å². The molecule has 0 N–H and O–H groups in total. The maximum atomic E-state index is 4.54. The van der Waals surface area contributed by atoms with Crippen molar-refractivity contribution in [2.45, 2.75) is 39.7 Å². The molecule has 1 aromatic rings. The van der Waals surface area contributed by atoms with Crippen molar-refractivity contribution >= 4 is 11.3 Å². The van der Waals surface area contributed by atoms with Crippen LogP contribution in [0.2, 0.25) is 0 Å². The first-order valence-electron chi connectivity index (χ1n) is 7.10. The lowest BCUT2D eigenvalue weighted by Crippen LogP contribution is -2.37. The van der Waals surface area contributed by atoms with Gasteiger partial charge in [0.15, 0.2) is 0 Å². The largest absolute Gasteiger partial charge is 0.301 e. The van der Waals surface area contributed by atoms with Gasteiger partial charge in [-0.05, 0) is 33.0 Å². The number of nitrogens with zero attached hydrogens (tertiary/aromatic N) is 3. The maximum Gasteiger partial charge on any atom is 0.0897 e. The van der Waals surface area contributed by atoms with Crippen LogP contribution >= 0.6 is 11.3 Å². The Morgan fingerprint density at radius 2 is 2.22 bits per heavy atom. The van der Waals surface area contributed by atoms with Crippen molar-refractivity contribution in [1.82, 2.24) is 14.8 Å². The van der Waals surface area contributed by atoms with Crippen molar-refractivity contribution in [3.63, 3.8) is 0 Å². The normalized spacial score (nSPS) is 21.0. The van der Waals surface area contributed by atoms with E-state index in [-0.39, 0.29) is 0 Å². The van der Waals surface area contributed by atoms with Crippen LogP contribution in [0.5, 0.6) is 0 Å². The molecule has 1 aliphatic heterocycles.